The third-order valence-corrected chi connectivity index (χ3v) is 4.19. The van der Waals surface area contributed by atoms with E-state index in [1.54, 1.807) is 36.5 Å². The third kappa shape index (κ3) is 3.98. The summed E-state index contributed by atoms with van der Waals surface area (Å²) in [5.74, 6) is -0.476. The van der Waals surface area contributed by atoms with Crippen LogP contribution in [0.4, 0.5) is 5.69 Å². The quantitative estimate of drug-likeness (QED) is 0.768. The molecule has 0 saturated carbocycles. The van der Waals surface area contributed by atoms with Crippen LogP contribution in [0.15, 0.2) is 71.7 Å². The fourth-order valence-corrected chi connectivity index (χ4v) is 2.66. The van der Waals surface area contributed by atoms with E-state index in [1.165, 1.54) is 10.6 Å². The maximum atomic E-state index is 12.6. The molecule has 2 aromatic carbocycles. The van der Waals surface area contributed by atoms with Gasteiger partial charge in [-0.25, -0.2) is 0 Å². The number of nitrogens with zero attached hydrogens (tertiary/aromatic N) is 1. The van der Waals surface area contributed by atoms with Crippen LogP contribution in [0.1, 0.15) is 21.5 Å². The number of amides is 1. The van der Waals surface area contributed by atoms with Crippen molar-refractivity contribution in [3.8, 4) is 0 Å². The highest BCUT2D eigenvalue weighted by molar-refractivity contribution is 6.33. The Morgan fingerprint density at radius 3 is 2.48 bits per heavy atom. The van der Waals surface area contributed by atoms with Crippen LogP contribution in [0.3, 0.4) is 0 Å². The number of hydrogen-bond acceptors (Lipinski definition) is 2. The van der Waals surface area contributed by atoms with Crippen LogP contribution >= 0.6 is 11.6 Å². The van der Waals surface area contributed by atoms with Gasteiger partial charge in [0.1, 0.15) is 5.56 Å². The van der Waals surface area contributed by atoms with Crippen LogP contribution in [0.5, 0.6) is 0 Å². The lowest BCUT2D eigenvalue weighted by Gasteiger charge is -2.10. The van der Waals surface area contributed by atoms with Gasteiger partial charge in [0.25, 0.3) is 11.5 Å². The number of benzene rings is 2. The third-order valence-electron chi connectivity index (χ3n) is 3.86. The lowest BCUT2D eigenvalue weighted by atomic mass is 10.1. The zero-order chi connectivity index (χ0) is 17.8. The van der Waals surface area contributed by atoms with E-state index >= 15 is 0 Å². The van der Waals surface area contributed by atoms with Gasteiger partial charge in [0.15, 0.2) is 0 Å². The molecule has 0 bridgehead atoms. The van der Waals surface area contributed by atoms with Gasteiger partial charge in [-0.2, -0.15) is 0 Å². The van der Waals surface area contributed by atoms with Crippen molar-refractivity contribution < 1.29 is 4.79 Å². The first-order valence-electron chi connectivity index (χ1n) is 7.85. The number of rotatable bonds is 4. The van der Waals surface area contributed by atoms with Gasteiger partial charge in [-0.05, 0) is 36.8 Å². The van der Waals surface area contributed by atoms with Gasteiger partial charge in [-0.15, -0.1) is 0 Å². The smallest absolute Gasteiger partial charge is 0.263 e. The van der Waals surface area contributed by atoms with Crippen LogP contribution in [0, 0.1) is 6.92 Å². The number of carbonyl (C=O) groups excluding carboxylic acids is 1. The average Bonchev–Trinajstić information content (AvgIpc) is 2.60. The number of para-hydroxylation sites is 1. The van der Waals surface area contributed by atoms with Crippen molar-refractivity contribution in [2.24, 2.45) is 0 Å². The molecule has 1 aromatic heterocycles. The number of aryl methyl sites for hydroxylation is 1. The van der Waals surface area contributed by atoms with Crippen LogP contribution in [-0.4, -0.2) is 10.5 Å². The largest absolute Gasteiger partial charge is 0.320 e. The van der Waals surface area contributed by atoms with Crippen molar-refractivity contribution in [1.29, 1.82) is 0 Å². The van der Waals surface area contributed by atoms with Gasteiger partial charge in [0.2, 0.25) is 0 Å². The minimum atomic E-state index is -0.476. The number of hydrogen-bond donors (Lipinski definition) is 1. The van der Waals surface area contributed by atoms with Crippen molar-refractivity contribution in [3.05, 3.63) is 98.9 Å². The summed E-state index contributed by atoms with van der Waals surface area (Å²) in [6.45, 7) is 2.42. The van der Waals surface area contributed by atoms with Gasteiger partial charge in [-0.1, -0.05) is 53.6 Å². The molecule has 0 aliphatic heterocycles. The first-order chi connectivity index (χ1) is 12.0. The molecular formula is C20H17ClN2O2. The predicted molar refractivity (Wildman–Crippen MR) is 100 cm³/mol. The Balaban J connectivity index is 1.85. The molecule has 0 fully saturated rings. The second-order valence-corrected chi connectivity index (χ2v) is 6.18. The van der Waals surface area contributed by atoms with Crippen molar-refractivity contribution in [1.82, 2.24) is 4.57 Å². The van der Waals surface area contributed by atoms with E-state index in [-0.39, 0.29) is 11.1 Å². The van der Waals surface area contributed by atoms with Crippen LogP contribution in [0.2, 0.25) is 5.02 Å². The summed E-state index contributed by atoms with van der Waals surface area (Å²) in [6.07, 6.45) is 1.68. The minimum absolute atomic E-state index is 0.0783. The van der Waals surface area contributed by atoms with Gasteiger partial charge < -0.3 is 9.88 Å². The summed E-state index contributed by atoms with van der Waals surface area (Å²) >= 11 is 6.05. The lowest BCUT2D eigenvalue weighted by molar-refractivity contribution is 0.102. The van der Waals surface area contributed by atoms with Gasteiger partial charge in [0, 0.05) is 6.20 Å². The van der Waals surface area contributed by atoms with E-state index in [4.69, 9.17) is 11.6 Å². The molecular weight excluding hydrogens is 336 g/mol. The number of anilines is 1. The van der Waals surface area contributed by atoms with Crippen molar-refractivity contribution in [3.63, 3.8) is 0 Å². The van der Waals surface area contributed by atoms with E-state index in [0.717, 1.165) is 11.1 Å². The second-order valence-electron chi connectivity index (χ2n) is 5.77. The van der Waals surface area contributed by atoms with Gasteiger partial charge in [0.05, 0.1) is 17.3 Å². The fourth-order valence-electron chi connectivity index (χ4n) is 2.48. The van der Waals surface area contributed by atoms with Gasteiger partial charge >= 0.3 is 0 Å². The normalized spacial score (nSPS) is 10.5. The molecule has 3 aromatic rings. The monoisotopic (exact) mass is 352 g/mol. The summed E-state index contributed by atoms with van der Waals surface area (Å²) in [5.41, 5.74) is 2.37. The molecule has 0 saturated heterocycles. The summed E-state index contributed by atoms with van der Waals surface area (Å²) < 4.78 is 1.52. The molecule has 0 spiro atoms. The summed E-state index contributed by atoms with van der Waals surface area (Å²) in [6, 6.07) is 18.0. The highest BCUT2D eigenvalue weighted by Gasteiger charge is 2.13. The lowest BCUT2D eigenvalue weighted by Crippen LogP contribution is -2.29. The maximum absolute atomic E-state index is 12.6. The van der Waals surface area contributed by atoms with Crippen molar-refractivity contribution in [2.45, 2.75) is 13.5 Å². The zero-order valence-electron chi connectivity index (χ0n) is 13.7. The molecule has 1 amide bonds. The number of nitrogens with one attached hydrogen (secondary N) is 1. The molecule has 0 atom stereocenters. The number of pyridine rings is 1. The average molecular weight is 353 g/mol. The standard InChI is InChI=1S/C20H17ClN2O2/c1-14-8-10-15(11-9-14)13-23-12-4-5-16(20(23)25)19(24)22-18-7-3-2-6-17(18)21/h2-12H,13H2,1H3,(H,22,24). The number of halogens is 1. The first-order valence-corrected chi connectivity index (χ1v) is 8.23. The Morgan fingerprint density at radius 1 is 1.04 bits per heavy atom. The molecule has 5 heteroatoms. The minimum Gasteiger partial charge on any atom is -0.320 e. The number of aromatic nitrogens is 1. The van der Waals surface area contributed by atoms with E-state index < -0.39 is 5.91 Å². The van der Waals surface area contributed by atoms with E-state index in [0.29, 0.717) is 17.3 Å². The highest BCUT2D eigenvalue weighted by Crippen LogP contribution is 2.20. The van der Waals surface area contributed by atoms with Crippen LogP contribution < -0.4 is 10.9 Å². The van der Waals surface area contributed by atoms with Crippen LogP contribution in [0.25, 0.3) is 0 Å². The van der Waals surface area contributed by atoms with Crippen LogP contribution in [-0.2, 0) is 6.54 Å². The SMILES string of the molecule is Cc1ccc(Cn2cccc(C(=O)Nc3ccccc3Cl)c2=O)cc1. The molecule has 4 nitrogen and oxygen atoms in total. The second kappa shape index (κ2) is 7.36. The molecule has 0 aliphatic rings. The molecule has 0 aliphatic carbocycles. The van der Waals surface area contributed by atoms with Crippen molar-refractivity contribution in [2.75, 3.05) is 5.32 Å². The molecule has 25 heavy (non-hydrogen) atoms. The maximum Gasteiger partial charge on any atom is 0.263 e. The highest BCUT2D eigenvalue weighted by atomic mass is 35.5. The van der Waals surface area contributed by atoms with E-state index in [9.17, 15) is 9.59 Å². The molecule has 126 valence electrons. The summed E-state index contributed by atoms with van der Waals surface area (Å²) in [5, 5.41) is 3.10. The topological polar surface area (TPSA) is 51.1 Å². The van der Waals surface area contributed by atoms with Crippen molar-refractivity contribution >= 4 is 23.2 Å². The summed E-state index contributed by atoms with van der Waals surface area (Å²) in [4.78, 5) is 25.1. The predicted octanol–water partition coefficient (Wildman–Crippen LogP) is 4.11. The molecule has 1 N–H and O–H groups in total. The zero-order valence-corrected chi connectivity index (χ0v) is 14.5. The summed E-state index contributed by atoms with van der Waals surface area (Å²) in [7, 11) is 0. The molecule has 1 heterocycles. The molecule has 3 rings (SSSR count). The van der Waals surface area contributed by atoms with Gasteiger partial charge in [-0.3, -0.25) is 9.59 Å². The Hall–Kier alpha value is -2.85. The molecule has 0 radical (unpaired) electrons. The fraction of sp³-hybridized carbons (Fsp3) is 0.100. The Labute approximate surface area is 150 Å². The first kappa shape index (κ1) is 17.0. The number of carbonyl (C=O) groups is 1. The molecule has 0 unspecified atom stereocenters. The van der Waals surface area contributed by atoms with E-state index in [1.807, 2.05) is 31.2 Å². The Bertz CT molecular complexity index is 962. The Morgan fingerprint density at radius 2 is 1.76 bits per heavy atom. The van der Waals surface area contributed by atoms with E-state index in [2.05, 4.69) is 5.32 Å². The Kier molecular flexibility index (Phi) is 5.00.